The normalized spacial score (nSPS) is 11.1. The number of fused-ring (bicyclic) bond motifs is 1. The summed E-state index contributed by atoms with van der Waals surface area (Å²) in [6.07, 6.45) is 0. The Morgan fingerprint density at radius 3 is 2.84 bits per heavy atom. The van der Waals surface area contributed by atoms with E-state index in [1.165, 1.54) is 6.07 Å². The topological polar surface area (TPSA) is 54.7 Å². The maximum Gasteiger partial charge on any atom is 0.141 e. The molecule has 0 aliphatic carbocycles. The number of nitrogens with one attached hydrogen (secondary N) is 1. The van der Waals surface area contributed by atoms with Crippen molar-refractivity contribution in [3.63, 3.8) is 0 Å². The predicted octanol–water partition coefficient (Wildman–Crippen LogP) is 4.02. The number of anilines is 1. The van der Waals surface area contributed by atoms with E-state index in [0.717, 1.165) is 15.6 Å². The molecule has 19 heavy (non-hydrogen) atoms. The van der Waals surface area contributed by atoms with Gasteiger partial charge in [0.25, 0.3) is 0 Å². The molecule has 0 radical (unpaired) electrons. The molecule has 3 rings (SSSR count). The van der Waals surface area contributed by atoms with E-state index in [4.69, 9.17) is 5.73 Å². The van der Waals surface area contributed by atoms with E-state index in [2.05, 4.69) is 25.9 Å². The zero-order valence-corrected chi connectivity index (χ0v) is 11.8. The van der Waals surface area contributed by atoms with Gasteiger partial charge in [0, 0.05) is 4.47 Å². The van der Waals surface area contributed by atoms with E-state index in [-0.39, 0.29) is 5.82 Å². The van der Waals surface area contributed by atoms with Crippen molar-refractivity contribution in [1.29, 1.82) is 0 Å². The van der Waals surface area contributed by atoms with E-state index in [9.17, 15) is 4.39 Å². The molecule has 2 aromatic carbocycles. The fourth-order valence-electron chi connectivity index (χ4n) is 2.06. The van der Waals surface area contributed by atoms with Crippen LogP contribution in [0.25, 0.3) is 22.4 Å². The van der Waals surface area contributed by atoms with E-state index < -0.39 is 0 Å². The summed E-state index contributed by atoms with van der Waals surface area (Å²) >= 11 is 3.37. The van der Waals surface area contributed by atoms with Crippen LogP contribution in [0.3, 0.4) is 0 Å². The van der Waals surface area contributed by atoms with Crippen LogP contribution in [0.2, 0.25) is 0 Å². The molecule has 1 aromatic heterocycles. The van der Waals surface area contributed by atoms with Crippen LogP contribution < -0.4 is 5.73 Å². The number of nitrogens with zero attached hydrogens (tertiary/aromatic N) is 1. The van der Waals surface area contributed by atoms with E-state index >= 15 is 0 Å². The minimum Gasteiger partial charge on any atom is -0.397 e. The number of nitrogens with two attached hydrogens (primary N) is 1. The highest BCUT2D eigenvalue weighted by molar-refractivity contribution is 9.10. The first-order valence-corrected chi connectivity index (χ1v) is 6.55. The lowest BCUT2D eigenvalue weighted by atomic mass is 10.1. The fraction of sp³-hybridized carbons (Fsp3) is 0.0714. The van der Waals surface area contributed by atoms with Crippen molar-refractivity contribution in [3.05, 3.63) is 46.2 Å². The summed E-state index contributed by atoms with van der Waals surface area (Å²) < 4.78 is 14.7. The van der Waals surface area contributed by atoms with Crippen molar-refractivity contribution in [2.75, 3.05) is 5.73 Å². The molecule has 0 aliphatic rings. The van der Waals surface area contributed by atoms with Crippen LogP contribution in [0.5, 0.6) is 0 Å². The number of hydrogen-bond acceptors (Lipinski definition) is 2. The van der Waals surface area contributed by atoms with Gasteiger partial charge in [-0.2, -0.15) is 0 Å². The fourth-order valence-corrected chi connectivity index (χ4v) is 2.53. The van der Waals surface area contributed by atoms with Gasteiger partial charge in [-0.15, -0.1) is 0 Å². The third-order valence-corrected chi connectivity index (χ3v) is 3.42. The number of aromatic amines is 1. The maximum absolute atomic E-state index is 13.9. The Balaban J connectivity index is 2.26. The molecule has 3 aromatic rings. The highest BCUT2D eigenvalue weighted by Crippen LogP contribution is 2.29. The molecule has 0 aliphatic heterocycles. The summed E-state index contributed by atoms with van der Waals surface area (Å²) in [7, 11) is 0. The number of hydrogen-bond donors (Lipinski definition) is 2. The largest absolute Gasteiger partial charge is 0.397 e. The molecule has 0 bridgehead atoms. The molecule has 0 saturated heterocycles. The second-order valence-corrected chi connectivity index (χ2v) is 5.38. The van der Waals surface area contributed by atoms with Crippen molar-refractivity contribution in [1.82, 2.24) is 9.97 Å². The summed E-state index contributed by atoms with van der Waals surface area (Å²) in [6, 6.07) is 8.58. The van der Waals surface area contributed by atoms with Gasteiger partial charge in [0.05, 0.1) is 16.8 Å². The van der Waals surface area contributed by atoms with Crippen molar-refractivity contribution in [2.45, 2.75) is 6.92 Å². The number of halogens is 2. The van der Waals surface area contributed by atoms with Crippen LogP contribution in [0.1, 0.15) is 5.56 Å². The monoisotopic (exact) mass is 319 g/mol. The van der Waals surface area contributed by atoms with Crippen molar-refractivity contribution < 1.29 is 4.39 Å². The van der Waals surface area contributed by atoms with Crippen LogP contribution >= 0.6 is 15.9 Å². The van der Waals surface area contributed by atoms with Gasteiger partial charge in [-0.05, 0) is 31.2 Å². The molecule has 5 heteroatoms. The third-order valence-electron chi connectivity index (χ3n) is 2.96. The lowest BCUT2D eigenvalue weighted by Crippen LogP contribution is -1.88. The van der Waals surface area contributed by atoms with Crippen molar-refractivity contribution in [3.8, 4) is 11.4 Å². The minimum atomic E-state index is -0.303. The zero-order valence-electron chi connectivity index (χ0n) is 10.2. The third kappa shape index (κ3) is 2.10. The summed E-state index contributed by atoms with van der Waals surface area (Å²) in [6.45, 7) is 1.91. The second-order valence-electron chi connectivity index (χ2n) is 4.46. The average Bonchev–Trinajstić information content (AvgIpc) is 2.76. The highest BCUT2D eigenvalue weighted by Gasteiger charge is 2.12. The van der Waals surface area contributed by atoms with Gasteiger partial charge in [-0.1, -0.05) is 27.6 Å². The smallest absolute Gasteiger partial charge is 0.141 e. The number of H-pyrrole nitrogens is 1. The standard InChI is InChI=1S/C14H11BrFN3/c1-7-2-3-10(16)9(4-7)14-18-12-6-8(15)5-11(17)13(12)19-14/h2-6H,17H2,1H3,(H,18,19). The summed E-state index contributed by atoms with van der Waals surface area (Å²) in [5.74, 6) is 0.184. The molecule has 0 atom stereocenters. The molecule has 0 spiro atoms. The molecule has 0 amide bonds. The van der Waals surface area contributed by atoms with Crippen molar-refractivity contribution in [2.24, 2.45) is 0 Å². The van der Waals surface area contributed by atoms with Gasteiger partial charge < -0.3 is 10.7 Å². The second kappa shape index (κ2) is 4.35. The number of rotatable bonds is 1. The van der Waals surface area contributed by atoms with Crippen molar-refractivity contribution >= 4 is 32.7 Å². The van der Waals surface area contributed by atoms with E-state index in [0.29, 0.717) is 22.6 Å². The van der Waals surface area contributed by atoms with Gasteiger partial charge in [0.15, 0.2) is 0 Å². The Labute approximate surface area is 117 Å². The van der Waals surface area contributed by atoms with Gasteiger partial charge in [-0.25, -0.2) is 9.37 Å². The number of aryl methyl sites for hydroxylation is 1. The molecule has 1 heterocycles. The van der Waals surface area contributed by atoms with Gasteiger partial charge in [0.1, 0.15) is 17.2 Å². The van der Waals surface area contributed by atoms with Gasteiger partial charge >= 0.3 is 0 Å². The number of benzene rings is 2. The molecule has 0 saturated carbocycles. The Hall–Kier alpha value is -1.88. The van der Waals surface area contributed by atoms with Crippen LogP contribution in [0, 0.1) is 12.7 Å². The quantitative estimate of drug-likeness (QED) is 0.665. The lowest BCUT2D eigenvalue weighted by Gasteiger charge is -2.00. The summed E-state index contributed by atoms with van der Waals surface area (Å²) in [4.78, 5) is 7.48. The first-order chi connectivity index (χ1) is 9.04. The molecule has 0 fully saturated rings. The molecular weight excluding hydrogens is 309 g/mol. The Morgan fingerprint density at radius 1 is 1.26 bits per heavy atom. The Bertz CT molecular complexity index is 780. The summed E-state index contributed by atoms with van der Waals surface area (Å²) in [5, 5.41) is 0. The minimum absolute atomic E-state index is 0.303. The molecular formula is C14H11BrFN3. The molecule has 3 N–H and O–H groups in total. The highest BCUT2D eigenvalue weighted by atomic mass is 79.9. The van der Waals surface area contributed by atoms with Gasteiger partial charge in [-0.3, -0.25) is 0 Å². The predicted molar refractivity (Wildman–Crippen MR) is 78.3 cm³/mol. The summed E-state index contributed by atoms with van der Waals surface area (Å²) in [5.41, 5.74) is 9.33. The lowest BCUT2D eigenvalue weighted by molar-refractivity contribution is 0.630. The van der Waals surface area contributed by atoms with Crippen LogP contribution in [-0.4, -0.2) is 9.97 Å². The van der Waals surface area contributed by atoms with Crippen LogP contribution in [0.4, 0.5) is 10.1 Å². The average molecular weight is 320 g/mol. The Morgan fingerprint density at radius 2 is 2.05 bits per heavy atom. The first kappa shape index (κ1) is 12.2. The van der Waals surface area contributed by atoms with Gasteiger partial charge in [0.2, 0.25) is 0 Å². The number of imidazole rings is 1. The SMILES string of the molecule is Cc1ccc(F)c(-c2nc3c(N)cc(Br)cc3[nH]2)c1. The van der Waals surface area contributed by atoms with Crippen LogP contribution in [0.15, 0.2) is 34.8 Å². The van der Waals surface area contributed by atoms with E-state index in [1.807, 2.05) is 13.0 Å². The molecule has 3 nitrogen and oxygen atoms in total. The first-order valence-electron chi connectivity index (χ1n) is 5.76. The van der Waals surface area contributed by atoms with Crippen LogP contribution in [-0.2, 0) is 0 Å². The molecule has 96 valence electrons. The zero-order chi connectivity index (χ0) is 13.6. The number of nitrogen functional groups attached to an aromatic ring is 1. The maximum atomic E-state index is 13.9. The molecule has 0 unspecified atom stereocenters. The van der Waals surface area contributed by atoms with E-state index in [1.54, 1.807) is 18.2 Å². The number of aromatic nitrogens is 2. The Kier molecular flexibility index (Phi) is 2.78.